The lowest BCUT2D eigenvalue weighted by Gasteiger charge is -2.13. The Kier molecular flexibility index (Phi) is 4.39. The summed E-state index contributed by atoms with van der Waals surface area (Å²) in [6.07, 6.45) is 0.752. The molecule has 7 heteroatoms. The van der Waals surface area contributed by atoms with E-state index in [2.05, 4.69) is 5.32 Å². The molecule has 108 valence electrons. The first kappa shape index (κ1) is 14.5. The van der Waals surface area contributed by atoms with E-state index >= 15 is 0 Å². The van der Waals surface area contributed by atoms with E-state index in [1.807, 2.05) is 0 Å². The van der Waals surface area contributed by atoms with Crippen molar-refractivity contribution in [2.24, 2.45) is 0 Å². The first-order valence-corrected chi connectivity index (χ1v) is 7.69. The minimum atomic E-state index is -1.10. The fourth-order valence-electron chi connectivity index (χ4n) is 1.93. The summed E-state index contributed by atoms with van der Waals surface area (Å²) in [6.45, 7) is 2.06. The zero-order valence-corrected chi connectivity index (χ0v) is 12.1. The van der Waals surface area contributed by atoms with Crippen LogP contribution in [0.3, 0.4) is 0 Å². The molecule has 1 heterocycles. The Hall–Kier alpha value is -1.89. The molecule has 2 amide bonds. The standard InChI is InChI=1S/C13H16N2O4S/c1-9(16)14-7-11-8-15(13(17)19-11)10-4-3-5-12(6-10)20(2)18/h3-6,11H,7-8H2,1-2H3,(H,14,16). The highest BCUT2D eigenvalue weighted by Gasteiger charge is 2.32. The van der Waals surface area contributed by atoms with E-state index in [4.69, 9.17) is 4.74 Å². The van der Waals surface area contributed by atoms with Gasteiger partial charge in [0.1, 0.15) is 6.10 Å². The summed E-state index contributed by atoms with van der Waals surface area (Å²) >= 11 is 0. The molecular weight excluding hydrogens is 280 g/mol. The molecule has 6 nitrogen and oxygen atoms in total. The minimum Gasteiger partial charge on any atom is -0.442 e. The normalized spacial score (nSPS) is 19.6. The summed E-state index contributed by atoms with van der Waals surface area (Å²) in [5, 5.41) is 2.62. The Bertz CT molecular complexity index is 561. The van der Waals surface area contributed by atoms with E-state index in [0.717, 1.165) is 0 Å². The average molecular weight is 296 g/mol. The zero-order valence-electron chi connectivity index (χ0n) is 11.3. The summed E-state index contributed by atoms with van der Waals surface area (Å²) < 4.78 is 16.6. The van der Waals surface area contributed by atoms with Gasteiger partial charge in [0.25, 0.3) is 0 Å². The number of rotatable bonds is 4. The fourth-order valence-corrected chi connectivity index (χ4v) is 2.48. The smallest absolute Gasteiger partial charge is 0.414 e. The predicted octanol–water partition coefficient (Wildman–Crippen LogP) is 0.885. The first-order valence-electron chi connectivity index (χ1n) is 6.13. The van der Waals surface area contributed by atoms with Crippen molar-refractivity contribution in [3.8, 4) is 0 Å². The molecule has 0 aliphatic carbocycles. The largest absolute Gasteiger partial charge is 0.442 e. The summed E-state index contributed by atoms with van der Waals surface area (Å²) in [4.78, 5) is 24.8. The van der Waals surface area contributed by atoms with Gasteiger partial charge in [-0.3, -0.25) is 13.9 Å². The van der Waals surface area contributed by atoms with Gasteiger partial charge in [-0.25, -0.2) is 4.79 Å². The lowest BCUT2D eigenvalue weighted by Crippen LogP contribution is -2.33. The summed E-state index contributed by atoms with van der Waals surface area (Å²) in [7, 11) is -1.10. The topological polar surface area (TPSA) is 75.7 Å². The molecule has 2 atom stereocenters. The Morgan fingerprint density at radius 1 is 1.55 bits per heavy atom. The lowest BCUT2D eigenvalue weighted by atomic mass is 10.2. The number of carbonyl (C=O) groups is 2. The third kappa shape index (κ3) is 3.36. The van der Waals surface area contributed by atoms with Crippen molar-refractivity contribution in [3.63, 3.8) is 0 Å². The number of hydrogen-bond donors (Lipinski definition) is 1. The molecule has 1 saturated heterocycles. The molecule has 0 bridgehead atoms. The van der Waals surface area contributed by atoms with Crippen LogP contribution in [0.15, 0.2) is 29.2 Å². The van der Waals surface area contributed by atoms with E-state index in [1.54, 1.807) is 30.5 Å². The molecule has 1 aliphatic heterocycles. The molecule has 0 saturated carbocycles. The second-order valence-electron chi connectivity index (χ2n) is 4.50. The first-order chi connectivity index (χ1) is 9.47. The Labute approximate surface area is 119 Å². The zero-order chi connectivity index (χ0) is 14.7. The van der Waals surface area contributed by atoms with Crippen molar-refractivity contribution < 1.29 is 18.5 Å². The van der Waals surface area contributed by atoms with Gasteiger partial charge in [0.2, 0.25) is 5.91 Å². The fraction of sp³-hybridized carbons (Fsp3) is 0.385. The monoisotopic (exact) mass is 296 g/mol. The molecule has 1 aromatic rings. The van der Waals surface area contributed by atoms with Gasteiger partial charge in [0.15, 0.2) is 0 Å². The maximum absolute atomic E-state index is 11.8. The van der Waals surface area contributed by atoms with Crippen LogP contribution in [0, 0.1) is 0 Å². The van der Waals surface area contributed by atoms with Gasteiger partial charge in [-0.2, -0.15) is 0 Å². The number of ether oxygens (including phenoxy) is 1. The van der Waals surface area contributed by atoms with Gasteiger partial charge >= 0.3 is 6.09 Å². The Morgan fingerprint density at radius 3 is 2.95 bits per heavy atom. The lowest BCUT2D eigenvalue weighted by molar-refractivity contribution is -0.119. The van der Waals surface area contributed by atoms with Crippen LogP contribution in [-0.4, -0.2) is 41.7 Å². The van der Waals surface area contributed by atoms with Gasteiger partial charge in [-0.05, 0) is 18.2 Å². The summed E-state index contributed by atoms with van der Waals surface area (Å²) in [5.41, 5.74) is 0.646. The van der Waals surface area contributed by atoms with Crippen molar-refractivity contribution in [2.75, 3.05) is 24.2 Å². The van der Waals surface area contributed by atoms with Gasteiger partial charge < -0.3 is 10.1 Å². The van der Waals surface area contributed by atoms with Crippen molar-refractivity contribution in [1.29, 1.82) is 0 Å². The van der Waals surface area contributed by atoms with Crippen molar-refractivity contribution in [2.45, 2.75) is 17.9 Å². The SMILES string of the molecule is CC(=O)NCC1CN(c2cccc(S(C)=O)c2)C(=O)O1. The van der Waals surface area contributed by atoms with Crippen LogP contribution >= 0.6 is 0 Å². The molecular formula is C13H16N2O4S. The third-order valence-corrected chi connectivity index (χ3v) is 3.83. The van der Waals surface area contributed by atoms with E-state index < -0.39 is 16.9 Å². The summed E-state index contributed by atoms with van der Waals surface area (Å²) in [6, 6.07) is 6.97. The molecule has 1 aromatic carbocycles. The van der Waals surface area contributed by atoms with Gasteiger partial charge in [0.05, 0.1) is 13.1 Å². The van der Waals surface area contributed by atoms with E-state index in [0.29, 0.717) is 17.1 Å². The van der Waals surface area contributed by atoms with Crippen LogP contribution in [0.2, 0.25) is 0 Å². The van der Waals surface area contributed by atoms with Crippen LogP contribution < -0.4 is 10.2 Å². The quantitative estimate of drug-likeness (QED) is 0.895. The van der Waals surface area contributed by atoms with Gasteiger partial charge in [-0.1, -0.05) is 6.07 Å². The Morgan fingerprint density at radius 2 is 2.30 bits per heavy atom. The number of anilines is 1. The predicted molar refractivity (Wildman–Crippen MR) is 75.1 cm³/mol. The summed E-state index contributed by atoms with van der Waals surface area (Å²) in [5.74, 6) is -0.164. The van der Waals surface area contributed by atoms with Crippen molar-refractivity contribution >= 4 is 28.5 Å². The van der Waals surface area contributed by atoms with E-state index in [-0.39, 0.29) is 18.6 Å². The molecule has 1 aliphatic rings. The van der Waals surface area contributed by atoms with E-state index in [9.17, 15) is 13.8 Å². The highest BCUT2D eigenvalue weighted by molar-refractivity contribution is 7.84. The number of cyclic esters (lactones) is 1. The Balaban J connectivity index is 2.09. The maximum atomic E-state index is 11.8. The number of benzene rings is 1. The second-order valence-corrected chi connectivity index (χ2v) is 5.88. The van der Waals surface area contributed by atoms with Crippen LogP contribution in [0.25, 0.3) is 0 Å². The van der Waals surface area contributed by atoms with Crippen LogP contribution in [-0.2, 0) is 20.3 Å². The van der Waals surface area contributed by atoms with Crippen molar-refractivity contribution in [3.05, 3.63) is 24.3 Å². The number of hydrogen-bond acceptors (Lipinski definition) is 4. The average Bonchev–Trinajstić information content (AvgIpc) is 2.78. The number of amides is 2. The molecule has 0 spiro atoms. The number of nitrogens with one attached hydrogen (secondary N) is 1. The van der Waals surface area contributed by atoms with Crippen LogP contribution in [0.4, 0.5) is 10.5 Å². The minimum absolute atomic E-state index is 0.164. The second kappa shape index (κ2) is 6.04. The highest BCUT2D eigenvalue weighted by Crippen LogP contribution is 2.23. The molecule has 2 unspecified atom stereocenters. The van der Waals surface area contributed by atoms with Gasteiger partial charge in [0, 0.05) is 34.6 Å². The molecule has 0 aromatic heterocycles. The molecule has 2 rings (SSSR count). The molecule has 0 radical (unpaired) electrons. The highest BCUT2D eigenvalue weighted by atomic mass is 32.2. The molecule has 1 fully saturated rings. The third-order valence-electron chi connectivity index (χ3n) is 2.91. The van der Waals surface area contributed by atoms with Crippen LogP contribution in [0.1, 0.15) is 6.92 Å². The maximum Gasteiger partial charge on any atom is 0.414 e. The van der Waals surface area contributed by atoms with Crippen LogP contribution in [0.5, 0.6) is 0 Å². The molecule has 1 N–H and O–H groups in total. The number of nitrogens with zero attached hydrogens (tertiary/aromatic N) is 1. The van der Waals surface area contributed by atoms with Gasteiger partial charge in [-0.15, -0.1) is 0 Å². The number of carbonyl (C=O) groups excluding carboxylic acids is 2. The van der Waals surface area contributed by atoms with E-state index in [1.165, 1.54) is 11.8 Å². The van der Waals surface area contributed by atoms with Crippen molar-refractivity contribution in [1.82, 2.24) is 5.32 Å². The molecule has 20 heavy (non-hydrogen) atoms.